The number of imidazole rings is 1. The highest BCUT2D eigenvalue weighted by Crippen LogP contribution is 2.27. The lowest BCUT2D eigenvalue weighted by Crippen LogP contribution is -2.36. The largest absolute Gasteiger partial charge is 0.309 e. The van der Waals surface area contributed by atoms with Gasteiger partial charge in [0.25, 0.3) is 0 Å². The Labute approximate surface area is 184 Å². The van der Waals surface area contributed by atoms with Crippen molar-refractivity contribution in [3.63, 3.8) is 0 Å². The van der Waals surface area contributed by atoms with E-state index < -0.39 is 0 Å². The van der Waals surface area contributed by atoms with Gasteiger partial charge in [0.15, 0.2) is 0 Å². The fourth-order valence-corrected chi connectivity index (χ4v) is 4.52. The first kappa shape index (κ1) is 21.5. The fourth-order valence-electron chi connectivity index (χ4n) is 4.52. The Kier molecular flexibility index (Phi) is 6.99. The van der Waals surface area contributed by atoms with Gasteiger partial charge in [-0.3, -0.25) is 15.0 Å². The summed E-state index contributed by atoms with van der Waals surface area (Å²) in [7, 11) is 0. The number of carbonyl (C=O) groups is 1. The minimum absolute atomic E-state index is 0.00695. The van der Waals surface area contributed by atoms with E-state index >= 15 is 0 Å². The average molecular weight is 420 g/mol. The van der Waals surface area contributed by atoms with Crippen LogP contribution in [0.1, 0.15) is 38.3 Å². The number of benzene rings is 2. The second-order valence-corrected chi connectivity index (χ2v) is 8.15. The molecule has 0 bridgehead atoms. The molecular formula is C25H33N5O. The van der Waals surface area contributed by atoms with E-state index in [1.807, 2.05) is 48.5 Å². The van der Waals surface area contributed by atoms with Crippen LogP contribution < -0.4 is 5.32 Å². The van der Waals surface area contributed by atoms with Gasteiger partial charge < -0.3 is 9.47 Å². The van der Waals surface area contributed by atoms with Gasteiger partial charge in [0.1, 0.15) is 6.04 Å². The summed E-state index contributed by atoms with van der Waals surface area (Å²) >= 11 is 0. The van der Waals surface area contributed by atoms with Crippen LogP contribution in [0, 0.1) is 0 Å². The number of likely N-dealkylation sites (N-methyl/N-ethyl adjacent to an activating group) is 1. The Morgan fingerprint density at radius 1 is 1.03 bits per heavy atom. The van der Waals surface area contributed by atoms with Crippen LogP contribution in [0.4, 0.5) is 5.95 Å². The third kappa shape index (κ3) is 4.81. The second-order valence-electron chi connectivity index (χ2n) is 8.15. The number of nitrogens with one attached hydrogen (secondary N) is 1. The topological polar surface area (TPSA) is 53.4 Å². The molecule has 1 fully saturated rings. The summed E-state index contributed by atoms with van der Waals surface area (Å²) in [4.78, 5) is 23.0. The van der Waals surface area contributed by atoms with E-state index in [1.165, 1.54) is 0 Å². The fraction of sp³-hybridized carbons (Fsp3) is 0.440. The van der Waals surface area contributed by atoms with Crippen LogP contribution in [-0.2, 0) is 11.3 Å². The molecule has 3 aromatic rings. The zero-order chi connectivity index (χ0) is 21.6. The van der Waals surface area contributed by atoms with Crippen LogP contribution in [0.3, 0.4) is 0 Å². The van der Waals surface area contributed by atoms with E-state index in [4.69, 9.17) is 4.98 Å². The van der Waals surface area contributed by atoms with E-state index in [-0.39, 0.29) is 11.9 Å². The summed E-state index contributed by atoms with van der Waals surface area (Å²) in [6, 6.07) is 17.9. The first-order valence-electron chi connectivity index (χ1n) is 11.5. The molecular weight excluding hydrogens is 386 g/mol. The maximum absolute atomic E-state index is 13.6. The number of hydrogen-bond donors (Lipinski definition) is 1. The highest BCUT2D eigenvalue weighted by Gasteiger charge is 2.30. The Balaban J connectivity index is 1.63. The molecule has 6 heteroatoms. The van der Waals surface area contributed by atoms with Crippen LogP contribution in [-0.4, -0.2) is 58.0 Å². The van der Waals surface area contributed by atoms with E-state index in [0.717, 1.165) is 68.7 Å². The molecule has 31 heavy (non-hydrogen) atoms. The second kappa shape index (κ2) is 10.1. The third-order valence-electron chi connectivity index (χ3n) is 6.29. The summed E-state index contributed by atoms with van der Waals surface area (Å²) < 4.78 is 2.15. The molecule has 0 aliphatic carbocycles. The molecule has 6 nitrogen and oxygen atoms in total. The molecule has 1 atom stereocenters. The molecule has 2 heterocycles. The van der Waals surface area contributed by atoms with E-state index in [2.05, 4.69) is 39.6 Å². The van der Waals surface area contributed by atoms with Gasteiger partial charge in [-0.25, -0.2) is 4.98 Å². The number of hydrogen-bond acceptors (Lipinski definition) is 4. The zero-order valence-corrected chi connectivity index (χ0v) is 18.6. The molecule has 1 N–H and O–H groups in total. The SMILES string of the molecule is CCN(CC)CCn1c(NC(=O)C(c2ccccc2)N2CCCC2)nc2ccccc21. The summed E-state index contributed by atoms with van der Waals surface area (Å²) in [6.45, 7) is 9.99. The van der Waals surface area contributed by atoms with Gasteiger partial charge in [-0.15, -0.1) is 0 Å². The predicted molar refractivity (Wildman–Crippen MR) is 126 cm³/mol. The minimum atomic E-state index is -0.292. The number of amides is 1. The van der Waals surface area contributed by atoms with E-state index in [1.54, 1.807) is 0 Å². The van der Waals surface area contributed by atoms with Crippen molar-refractivity contribution < 1.29 is 4.79 Å². The summed E-state index contributed by atoms with van der Waals surface area (Å²) in [5.74, 6) is 0.631. The Morgan fingerprint density at radius 2 is 1.71 bits per heavy atom. The highest BCUT2D eigenvalue weighted by molar-refractivity contribution is 5.95. The quantitative estimate of drug-likeness (QED) is 0.566. The number of rotatable bonds is 9. The molecule has 4 rings (SSSR count). The zero-order valence-electron chi connectivity index (χ0n) is 18.6. The first-order chi connectivity index (χ1) is 15.2. The number of aromatic nitrogens is 2. The lowest BCUT2D eigenvalue weighted by atomic mass is 10.0. The smallest absolute Gasteiger partial charge is 0.248 e. The predicted octanol–water partition coefficient (Wildman–Crippen LogP) is 4.15. The normalized spacial score (nSPS) is 15.6. The highest BCUT2D eigenvalue weighted by atomic mass is 16.2. The Hall–Kier alpha value is -2.70. The summed E-state index contributed by atoms with van der Waals surface area (Å²) in [5.41, 5.74) is 3.00. The van der Waals surface area contributed by atoms with Crippen molar-refractivity contribution >= 4 is 22.9 Å². The van der Waals surface area contributed by atoms with Gasteiger partial charge in [-0.2, -0.15) is 0 Å². The van der Waals surface area contributed by atoms with Crippen molar-refractivity contribution in [1.82, 2.24) is 19.4 Å². The number of nitrogens with zero attached hydrogens (tertiary/aromatic N) is 4. The van der Waals surface area contributed by atoms with Crippen molar-refractivity contribution in [3.8, 4) is 0 Å². The van der Waals surface area contributed by atoms with Gasteiger partial charge in [0, 0.05) is 13.1 Å². The van der Waals surface area contributed by atoms with Crippen molar-refractivity contribution in [1.29, 1.82) is 0 Å². The molecule has 0 spiro atoms. The summed E-state index contributed by atoms with van der Waals surface area (Å²) in [5, 5.41) is 3.19. The molecule has 2 aromatic carbocycles. The lowest BCUT2D eigenvalue weighted by molar-refractivity contribution is -0.121. The number of carbonyl (C=O) groups excluding carboxylic acids is 1. The van der Waals surface area contributed by atoms with Crippen LogP contribution in [0.25, 0.3) is 11.0 Å². The maximum Gasteiger partial charge on any atom is 0.248 e. The van der Waals surface area contributed by atoms with Gasteiger partial charge in [-0.1, -0.05) is 56.3 Å². The van der Waals surface area contributed by atoms with Crippen molar-refractivity contribution in [2.24, 2.45) is 0 Å². The molecule has 164 valence electrons. The van der Waals surface area contributed by atoms with Crippen molar-refractivity contribution in [2.45, 2.75) is 39.3 Å². The Morgan fingerprint density at radius 3 is 2.42 bits per heavy atom. The minimum Gasteiger partial charge on any atom is -0.309 e. The van der Waals surface area contributed by atoms with E-state index in [9.17, 15) is 4.79 Å². The van der Waals surface area contributed by atoms with Gasteiger partial charge >= 0.3 is 0 Å². The van der Waals surface area contributed by atoms with Gasteiger partial charge in [0.2, 0.25) is 11.9 Å². The van der Waals surface area contributed by atoms with E-state index in [0.29, 0.717) is 5.95 Å². The van der Waals surface area contributed by atoms with Gasteiger partial charge in [0.05, 0.1) is 11.0 Å². The third-order valence-corrected chi connectivity index (χ3v) is 6.29. The maximum atomic E-state index is 13.6. The molecule has 0 radical (unpaired) electrons. The molecule has 1 amide bonds. The standard InChI is InChI=1S/C25H33N5O/c1-3-28(4-2)18-19-30-22-15-9-8-14-21(22)26-25(30)27-24(31)23(29-16-10-11-17-29)20-12-6-5-7-13-20/h5-9,12-15,23H,3-4,10-11,16-19H2,1-2H3,(H,26,27,31). The average Bonchev–Trinajstić information content (AvgIpc) is 3.44. The number of fused-ring (bicyclic) bond motifs is 1. The van der Waals surface area contributed by atoms with Crippen molar-refractivity contribution in [2.75, 3.05) is 38.0 Å². The van der Waals surface area contributed by atoms with Crippen molar-refractivity contribution in [3.05, 3.63) is 60.2 Å². The molecule has 1 saturated heterocycles. The van der Waals surface area contributed by atoms with Gasteiger partial charge in [-0.05, 0) is 56.7 Å². The molecule has 1 unspecified atom stereocenters. The molecule has 1 aliphatic rings. The summed E-state index contributed by atoms with van der Waals surface area (Å²) in [6.07, 6.45) is 2.28. The number of anilines is 1. The number of likely N-dealkylation sites (tertiary alicyclic amines) is 1. The molecule has 1 aromatic heterocycles. The molecule has 0 saturated carbocycles. The van der Waals surface area contributed by atoms with Crippen LogP contribution in [0.5, 0.6) is 0 Å². The first-order valence-corrected chi connectivity index (χ1v) is 11.5. The van der Waals surface area contributed by atoms with Crippen LogP contribution >= 0.6 is 0 Å². The monoisotopic (exact) mass is 419 g/mol. The number of para-hydroxylation sites is 2. The van der Waals surface area contributed by atoms with Crippen LogP contribution in [0.2, 0.25) is 0 Å². The van der Waals surface area contributed by atoms with Crippen LogP contribution in [0.15, 0.2) is 54.6 Å². The Bertz CT molecular complexity index is 990. The molecule has 1 aliphatic heterocycles. The lowest BCUT2D eigenvalue weighted by Gasteiger charge is -2.27.